The van der Waals surface area contributed by atoms with E-state index in [4.69, 9.17) is 0 Å². The number of aryl methyl sites for hydroxylation is 1. The van der Waals surface area contributed by atoms with Crippen LogP contribution in [0.25, 0.3) is 22.6 Å². The second kappa shape index (κ2) is 3.87. The molecule has 1 aromatic carbocycles. The van der Waals surface area contributed by atoms with Crippen LogP contribution in [0.4, 0.5) is 8.78 Å². The van der Waals surface area contributed by atoms with Crippen LogP contribution in [0.5, 0.6) is 0 Å². The number of imidazole rings is 1. The standard InChI is InChI=1S/C13H9F2N3/c1-7-3-2-6-16-11(7)13-17-9-5-4-8(14)10(15)12(9)18-13/h2-6H,1H3,(H,17,18). The Morgan fingerprint density at radius 1 is 1.17 bits per heavy atom. The van der Waals surface area contributed by atoms with Gasteiger partial charge in [0.05, 0.1) is 5.52 Å². The third kappa shape index (κ3) is 1.55. The van der Waals surface area contributed by atoms with Crippen LogP contribution in [0.15, 0.2) is 30.5 Å². The molecule has 2 aromatic heterocycles. The fourth-order valence-electron chi connectivity index (χ4n) is 1.86. The minimum absolute atomic E-state index is 0.00458. The molecule has 0 spiro atoms. The summed E-state index contributed by atoms with van der Waals surface area (Å²) in [6, 6.07) is 6.22. The van der Waals surface area contributed by atoms with Gasteiger partial charge in [0, 0.05) is 6.20 Å². The first kappa shape index (κ1) is 10.8. The van der Waals surface area contributed by atoms with E-state index in [1.807, 2.05) is 19.1 Å². The van der Waals surface area contributed by atoms with Crippen molar-refractivity contribution in [3.63, 3.8) is 0 Å². The highest BCUT2D eigenvalue weighted by Crippen LogP contribution is 2.23. The molecule has 2 heterocycles. The molecular formula is C13H9F2N3. The van der Waals surface area contributed by atoms with E-state index in [-0.39, 0.29) is 5.52 Å². The average molecular weight is 245 g/mol. The number of pyridine rings is 1. The normalized spacial score (nSPS) is 11.1. The first-order chi connectivity index (χ1) is 8.66. The highest BCUT2D eigenvalue weighted by molar-refractivity contribution is 5.79. The van der Waals surface area contributed by atoms with Crippen molar-refractivity contribution in [3.8, 4) is 11.5 Å². The lowest BCUT2D eigenvalue weighted by atomic mass is 10.2. The number of hydrogen-bond acceptors (Lipinski definition) is 2. The quantitative estimate of drug-likeness (QED) is 0.715. The van der Waals surface area contributed by atoms with Crippen molar-refractivity contribution in [1.82, 2.24) is 15.0 Å². The average Bonchev–Trinajstić information content (AvgIpc) is 2.79. The lowest BCUT2D eigenvalue weighted by Crippen LogP contribution is -1.89. The molecule has 0 radical (unpaired) electrons. The molecule has 0 saturated heterocycles. The second-order valence-corrected chi connectivity index (χ2v) is 4.01. The fourth-order valence-corrected chi connectivity index (χ4v) is 1.86. The van der Waals surface area contributed by atoms with Crippen molar-refractivity contribution in [1.29, 1.82) is 0 Å². The molecule has 3 rings (SSSR count). The molecule has 3 aromatic rings. The number of aromatic nitrogens is 3. The van der Waals surface area contributed by atoms with E-state index in [0.717, 1.165) is 11.6 Å². The molecule has 0 bridgehead atoms. The van der Waals surface area contributed by atoms with Gasteiger partial charge in [-0.2, -0.15) is 0 Å². The molecule has 0 saturated carbocycles. The summed E-state index contributed by atoms with van der Waals surface area (Å²) in [5.74, 6) is -1.41. The maximum absolute atomic E-state index is 13.5. The van der Waals surface area contributed by atoms with E-state index < -0.39 is 11.6 Å². The predicted molar refractivity (Wildman–Crippen MR) is 64.0 cm³/mol. The lowest BCUT2D eigenvalue weighted by molar-refractivity contribution is 0.515. The van der Waals surface area contributed by atoms with Crippen LogP contribution < -0.4 is 0 Å². The molecule has 0 aliphatic rings. The van der Waals surface area contributed by atoms with Gasteiger partial charge in [-0.15, -0.1) is 0 Å². The van der Waals surface area contributed by atoms with Crippen LogP contribution in [0.2, 0.25) is 0 Å². The second-order valence-electron chi connectivity index (χ2n) is 4.01. The fraction of sp³-hybridized carbons (Fsp3) is 0.0769. The molecule has 18 heavy (non-hydrogen) atoms. The summed E-state index contributed by atoms with van der Waals surface area (Å²) in [6.07, 6.45) is 1.63. The molecule has 0 aliphatic heterocycles. The van der Waals surface area contributed by atoms with E-state index >= 15 is 0 Å². The minimum Gasteiger partial charge on any atom is -0.337 e. The van der Waals surface area contributed by atoms with Crippen molar-refractivity contribution in [2.45, 2.75) is 6.92 Å². The topological polar surface area (TPSA) is 41.6 Å². The number of H-pyrrole nitrogens is 1. The Bertz CT molecular complexity index is 734. The number of aromatic amines is 1. The number of rotatable bonds is 1. The van der Waals surface area contributed by atoms with Gasteiger partial charge in [0.1, 0.15) is 11.2 Å². The molecule has 0 atom stereocenters. The first-order valence-electron chi connectivity index (χ1n) is 5.42. The zero-order valence-electron chi connectivity index (χ0n) is 9.54. The monoisotopic (exact) mass is 245 g/mol. The van der Waals surface area contributed by atoms with Crippen molar-refractivity contribution < 1.29 is 8.78 Å². The molecular weight excluding hydrogens is 236 g/mol. The van der Waals surface area contributed by atoms with Gasteiger partial charge < -0.3 is 4.98 Å². The van der Waals surface area contributed by atoms with Gasteiger partial charge in [-0.25, -0.2) is 13.8 Å². The van der Waals surface area contributed by atoms with E-state index in [9.17, 15) is 8.78 Å². The third-order valence-electron chi connectivity index (χ3n) is 2.78. The largest absolute Gasteiger partial charge is 0.337 e. The maximum Gasteiger partial charge on any atom is 0.186 e. The number of nitrogens with one attached hydrogen (secondary N) is 1. The van der Waals surface area contributed by atoms with E-state index in [1.54, 1.807) is 6.20 Å². The summed E-state index contributed by atoms with van der Waals surface area (Å²) in [6.45, 7) is 1.88. The smallest absolute Gasteiger partial charge is 0.186 e. The van der Waals surface area contributed by atoms with Crippen molar-refractivity contribution in [3.05, 3.63) is 47.7 Å². The van der Waals surface area contributed by atoms with Gasteiger partial charge >= 0.3 is 0 Å². The van der Waals surface area contributed by atoms with Crippen LogP contribution in [-0.4, -0.2) is 15.0 Å². The molecule has 0 fully saturated rings. The number of nitrogens with zero attached hydrogens (tertiary/aromatic N) is 2. The van der Waals surface area contributed by atoms with Crippen molar-refractivity contribution >= 4 is 11.0 Å². The molecule has 0 amide bonds. The van der Waals surface area contributed by atoms with Crippen molar-refractivity contribution in [2.24, 2.45) is 0 Å². The molecule has 3 nitrogen and oxygen atoms in total. The Balaban J connectivity index is 2.26. The molecule has 5 heteroatoms. The number of hydrogen-bond donors (Lipinski definition) is 1. The zero-order chi connectivity index (χ0) is 12.7. The Morgan fingerprint density at radius 3 is 2.78 bits per heavy atom. The van der Waals surface area contributed by atoms with Gasteiger partial charge in [0.2, 0.25) is 0 Å². The van der Waals surface area contributed by atoms with Crippen LogP contribution in [0.3, 0.4) is 0 Å². The summed E-state index contributed by atoms with van der Waals surface area (Å²) in [4.78, 5) is 11.2. The molecule has 0 aliphatic carbocycles. The van der Waals surface area contributed by atoms with Crippen LogP contribution in [0.1, 0.15) is 5.56 Å². The molecule has 1 N–H and O–H groups in total. The van der Waals surface area contributed by atoms with Crippen molar-refractivity contribution in [2.75, 3.05) is 0 Å². The number of fused-ring (bicyclic) bond motifs is 1. The Morgan fingerprint density at radius 2 is 2.00 bits per heavy atom. The predicted octanol–water partition coefficient (Wildman–Crippen LogP) is 3.21. The summed E-state index contributed by atoms with van der Waals surface area (Å²) in [5, 5.41) is 0. The van der Waals surface area contributed by atoms with E-state index in [0.29, 0.717) is 17.0 Å². The first-order valence-corrected chi connectivity index (χ1v) is 5.42. The molecule has 90 valence electrons. The molecule has 0 unspecified atom stereocenters. The summed E-state index contributed by atoms with van der Waals surface area (Å²) in [7, 11) is 0. The van der Waals surface area contributed by atoms with E-state index in [2.05, 4.69) is 15.0 Å². The maximum atomic E-state index is 13.5. The Hall–Kier alpha value is -2.30. The minimum atomic E-state index is -0.941. The van der Waals surface area contributed by atoms with Gasteiger partial charge in [0.25, 0.3) is 0 Å². The summed E-state index contributed by atoms with van der Waals surface area (Å²) >= 11 is 0. The third-order valence-corrected chi connectivity index (χ3v) is 2.78. The van der Waals surface area contributed by atoms with Crippen LogP contribution in [-0.2, 0) is 0 Å². The van der Waals surface area contributed by atoms with Gasteiger partial charge in [-0.1, -0.05) is 6.07 Å². The Kier molecular flexibility index (Phi) is 2.33. The highest BCUT2D eigenvalue weighted by Gasteiger charge is 2.14. The van der Waals surface area contributed by atoms with Gasteiger partial charge in [-0.05, 0) is 30.7 Å². The number of halogens is 2. The van der Waals surface area contributed by atoms with Gasteiger partial charge in [-0.3, -0.25) is 4.98 Å². The zero-order valence-corrected chi connectivity index (χ0v) is 9.54. The lowest BCUT2D eigenvalue weighted by Gasteiger charge is -1.98. The SMILES string of the molecule is Cc1cccnc1-c1nc2c(F)c(F)ccc2[nH]1. The highest BCUT2D eigenvalue weighted by atomic mass is 19.2. The summed E-state index contributed by atoms with van der Waals surface area (Å²) < 4.78 is 26.6. The van der Waals surface area contributed by atoms with E-state index in [1.165, 1.54) is 6.07 Å². The van der Waals surface area contributed by atoms with Crippen LogP contribution in [0, 0.1) is 18.6 Å². The summed E-state index contributed by atoms with van der Waals surface area (Å²) in [5.41, 5.74) is 2.00. The van der Waals surface area contributed by atoms with Crippen LogP contribution >= 0.6 is 0 Å². The number of benzene rings is 1. The Labute approximate surface area is 102 Å². The van der Waals surface area contributed by atoms with Gasteiger partial charge in [0.15, 0.2) is 17.5 Å².